The molecule has 1 aromatic heterocycles. The van der Waals surface area contributed by atoms with Crippen molar-refractivity contribution in [3.8, 4) is 5.75 Å². The molecule has 0 aromatic carbocycles. The topological polar surface area (TPSA) is 90.4 Å². The zero-order chi connectivity index (χ0) is 20.4. The van der Waals surface area contributed by atoms with Gasteiger partial charge in [-0.3, -0.25) is 19.1 Å². The van der Waals surface area contributed by atoms with Crippen molar-refractivity contribution in [3.63, 3.8) is 0 Å². The van der Waals surface area contributed by atoms with E-state index in [1.165, 1.54) is 17.9 Å². The standard InChI is InChI=1S/C20H34N2O5/c1-14(2)12-16(15(3)4)19(24)27-11-9-7-6-8-10-22-13-17(26-5)18(23)21-20(22)25/h13-16H,6-12H2,1-5H3,(H,21,23,25). The fourth-order valence-electron chi connectivity index (χ4n) is 2.97. The number of ether oxygens (including phenoxy) is 2. The Labute approximate surface area is 161 Å². The molecular formula is C20H34N2O5. The van der Waals surface area contributed by atoms with E-state index in [4.69, 9.17) is 9.47 Å². The van der Waals surface area contributed by atoms with Gasteiger partial charge >= 0.3 is 11.7 Å². The summed E-state index contributed by atoms with van der Waals surface area (Å²) in [6.07, 6.45) is 5.72. The number of hydrogen-bond acceptors (Lipinski definition) is 5. The Morgan fingerprint density at radius 3 is 2.37 bits per heavy atom. The second-order valence-corrected chi connectivity index (χ2v) is 7.71. The Kier molecular flexibility index (Phi) is 9.89. The molecule has 0 aliphatic carbocycles. The number of nitrogens with zero attached hydrogens (tertiary/aromatic N) is 1. The molecule has 0 fully saturated rings. The summed E-state index contributed by atoms with van der Waals surface area (Å²) in [5, 5.41) is 0. The van der Waals surface area contributed by atoms with Crippen molar-refractivity contribution >= 4 is 5.97 Å². The smallest absolute Gasteiger partial charge is 0.328 e. The third-order valence-corrected chi connectivity index (χ3v) is 4.57. The van der Waals surface area contributed by atoms with Crippen molar-refractivity contribution < 1.29 is 14.3 Å². The molecule has 0 aliphatic heterocycles. The quantitative estimate of drug-likeness (QED) is 0.443. The molecule has 7 nitrogen and oxygen atoms in total. The summed E-state index contributed by atoms with van der Waals surface area (Å²) in [6.45, 7) is 9.30. The van der Waals surface area contributed by atoms with Gasteiger partial charge in [0.1, 0.15) is 0 Å². The highest BCUT2D eigenvalue weighted by molar-refractivity contribution is 5.72. The minimum absolute atomic E-state index is 0.0351. The number of aromatic nitrogens is 2. The van der Waals surface area contributed by atoms with Gasteiger partial charge in [0.15, 0.2) is 0 Å². The van der Waals surface area contributed by atoms with Gasteiger partial charge in [0.05, 0.1) is 25.8 Å². The molecule has 7 heteroatoms. The first kappa shape index (κ1) is 23.0. The lowest BCUT2D eigenvalue weighted by Gasteiger charge is -2.21. The summed E-state index contributed by atoms with van der Waals surface area (Å²) in [5.74, 6) is 0.757. The van der Waals surface area contributed by atoms with Crippen molar-refractivity contribution in [2.75, 3.05) is 13.7 Å². The van der Waals surface area contributed by atoms with Gasteiger partial charge in [-0.15, -0.1) is 0 Å². The van der Waals surface area contributed by atoms with Crippen LogP contribution in [0.4, 0.5) is 0 Å². The number of esters is 1. The number of carbonyl (C=O) groups excluding carboxylic acids is 1. The van der Waals surface area contributed by atoms with E-state index in [-0.39, 0.29) is 23.6 Å². The summed E-state index contributed by atoms with van der Waals surface area (Å²) >= 11 is 0. The Hall–Kier alpha value is -2.05. The molecule has 0 saturated carbocycles. The van der Waals surface area contributed by atoms with Gasteiger partial charge in [-0.05, 0) is 37.5 Å². The van der Waals surface area contributed by atoms with Gasteiger partial charge in [0, 0.05) is 6.54 Å². The number of nitrogens with one attached hydrogen (secondary N) is 1. The van der Waals surface area contributed by atoms with E-state index in [0.717, 1.165) is 32.1 Å². The van der Waals surface area contributed by atoms with Crippen LogP contribution in [0.3, 0.4) is 0 Å². The van der Waals surface area contributed by atoms with Gasteiger partial charge in [0.2, 0.25) is 5.75 Å². The summed E-state index contributed by atoms with van der Waals surface area (Å²) in [6, 6.07) is 0. The van der Waals surface area contributed by atoms with E-state index in [2.05, 4.69) is 32.7 Å². The fourth-order valence-corrected chi connectivity index (χ4v) is 2.97. The van der Waals surface area contributed by atoms with Crippen LogP contribution in [0.5, 0.6) is 5.75 Å². The first-order valence-electron chi connectivity index (χ1n) is 9.80. The van der Waals surface area contributed by atoms with Gasteiger partial charge < -0.3 is 9.47 Å². The summed E-state index contributed by atoms with van der Waals surface area (Å²) in [5.41, 5.74) is -0.947. The highest BCUT2D eigenvalue weighted by atomic mass is 16.5. The predicted molar refractivity (Wildman–Crippen MR) is 105 cm³/mol. The van der Waals surface area contributed by atoms with Crippen LogP contribution in [0, 0.1) is 17.8 Å². The summed E-state index contributed by atoms with van der Waals surface area (Å²) in [4.78, 5) is 37.6. The Morgan fingerprint density at radius 1 is 1.11 bits per heavy atom. The number of H-pyrrole nitrogens is 1. The second kappa shape index (κ2) is 11.6. The lowest BCUT2D eigenvalue weighted by molar-refractivity contribution is -0.151. The molecule has 0 aliphatic rings. The first-order chi connectivity index (χ1) is 12.8. The minimum atomic E-state index is -0.516. The lowest BCUT2D eigenvalue weighted by Crippen LogP contribution is -2.30. The molecule has 1 unspecified atom stereocenters. The molecule has 0 bridgehead atoms. The van der Waals surface area contributed by atoms with Crippen LogP contribution in [0.15, 0.2) is 15.8 Å². The average molecular weight is 383 g/mol. The van der Waals surface area contributed by atoms with Gasteiger partial charge in [-0.2, -0.15) is 0 Å². The molecule has 154 valence electrons. The van der Waals surface area contributed by atoms with Crippen LogP contribution >= 0.6 is 0 Å². The van der Waals surface area contributed by atoms with Crippen LogP contribution < -0.4 is 16.0 Å². The average Bonchev–Trinajstić information content (AvgIpc) is 2.59. The van der Waals surface area contributed by atoms with Crippen LogP contribution in [-0.2, 0) is 16.1 Å². The Morgan fingerprint density at radius 2 is 1.78 bits per heavy atom. The molecule has 1 N–H and O–H groups in total. The predicted octanol–water partition coefficient (Wildman–Crippen LogP) is 2.97. The lowest BCUT2D eigenvalue weighted by atomic mass is 9.88. The number of aryl methyl sites for hydroxylation is 1. The Balaban J connectivity index is 2.29. The van der Waals surface area contributed by atoms with E-state index >= 15 is 0 Å². The maximum absolute atomic E-state index is 12.2. The van der Waals surface area contributed by atoms with E-state index < -0.39 is 11.2 Å². The highest BCUT2D eigenvalue weighted by Gasteiger charge is 2.24. The third-order valence-electron chi connectivity index (χ3n) is 4.57. The van der Waals surface area contributed by atoms with Crippen molar-refractivity contribution in [3.05, 3.63) is 27.0 Å². The zero-order valence-corrected chi connectivity index (χ0v) is 17.2. The second-order valence-electron chi connectivity index (χ2n) is 7.71. The fraction of sp³-hybridized carbons (Fsp3) is 0.750. The number of methoxy groups -OCH3 is 1. The number of hydrogen-bond donors (Lipinski definition) is 1. The third kappa shape index (κ3) is 8.01. The molecule has 0 saturated heterocycles. The van der Waals surface area contributed by atoms with Crippen LogP contribution in [0.1, 0.15) is 59.8 Å². The molecule has 1 atom stereocenters. The van der Waals surface area contributed by atoms with Crippen molar-refractivity contribution in [2.45, 2.75) is 66.3 Å². The molecule has 0 radical (unpaired) electrons. The van der Waals surface area contributed by atoms with Gasteiger partial charge in [0.25, 0.3) is 5.56 Å². The molecule has 1 rings (SSSR count). The zero-order valence-electron chi connectivity index (χ0n) is 17.2. The van der Waals surface area contributed by atoms with E-state index in [9.17, 15) is 14.4 Å². The molecule has 0 amide bonds. The monoisotopic (exact) mass is 382 g/mol. The number of carbonyl (C=O) groups is 1. The molecule has 0 spiro atoms. The number of aromatic amines is 1. The van der Waals surface area contributed by atoms with Crippen LogP contribution in [0.25, 0.3) is 0 Å². The molecular weight excluding hydrogens is 348 g/mol. The number of rotatable bonds is 12. The van der Waals surface area contributed by atoms with E-state index in [1.54, 1.807) is 0 Å². The molecule has 1 aromatic rings. The summed E-state index contributed by atoms with van der Waals surface area (Å²) in [7, 11) is 1.39. The van der Waals surface area contributed by atoms with Crippen molar-refractivity contribution in [1.82, 2.24) is 9.55 Å². The highest BCUT2D eigenvalue weighted by Crippen LogP contribution is 2.21. The maximum Gasteiger partial charge on any atom is 0.328 e. The largest absolute Gasteiger partial charge is 0.490 e. The summed E-state index contributed by atoms with van der Waals surface area (Å²) < 4.78 is 11.8. The Bertz CT molecular complexity index is 690. The van der Waals surface area contributed by atoms with Crippen LogP contribution in [-0.4, -0.2) is 29.2 Å². The SMILES string of the molecule is COc1cn(CCCCCCOC(=O)C(CC(C)C)C(C)C)c(=O)[nH]c1=O. The minimum Gasteiger partial charge on any atom is -0.490 e. The first-order valence-corrected chi connectivity index (χ1v) is 9.80. The molecule has 1 heterocycles. The van der Waals surface area contributed by atoms with Crippen molar-refractivity contribution in [2.24, 2.45) is 17.8 Å². The number of unbranched alkanes of at least 4 members (excludes halogenated alkanes) is 3. The van der Waals surface area contributed by atoms with Crippen LogP contribution in [0.2, 0.25) is 0 Å². The van der Waals surface area contributed by atoms with E-state index in [1.807, 2.05) is 0 Å². The van der Waals surface area contributed by atoms with E-state index in [0.29, 0.717) is 19.1 Å². The maximum atomic E-state index is 12.2. The van der Waals surface area contributed by atoms with Gasteiger partial charge in [-0.25, -0.2) is 4.79 Å². The van der Waals surface area contributed by atoms with Crippen molar-refractivity contribution in [1.29, 1.82) is 0 Å². The normalized spacial score (nSPS) is 12.4. The molecule has 27 heavy (non-hydrogen) atoms. The van der Waals surface area contributed by atoms with Gasteiger partial charge in [-0.1, -0.05) is 34.1 Å².